The summed E-state index contributed by atoms with van der Waals surface area (Å²) >= 11 is 0. The van der Waals surface area contributed by atoms with Crippen molar-refractivity contribution in [1.29, 1.82) is 0 Å². The Bertz CT molecular complexity index is 611. The molecule has 0 bridgehead atoms. The molecule has 1 saturated heterocycles. The number of sulfonamides is 1. The fourth-order valence-corrected chi connectivity index (χ4v) is 3.30. The number of nitrogens with zero attached hydrogens (tertiary/aromatic N) is 1. The first-order valence-corrected chi connectivity index (χ1v) is 8.85. The Labute approximate surface area is 144 Å². The van der Waals surface area contributed by atoms with Crippen LogP contribution in [0.25, 0.3) is 0 Å². The number of rotatable bonds is 5. The minimum atomic E-state index is -3.40. The molecule has 1 amide bonds. The Morgan fingerprint density at radius 3 is 2.48 bits per heavy atom. The van der Waals surface area contributed by atoms with Gasteiger partial charge in [-0.1, -0.05) is 12.1 Å². The smallest absolute Gasteiger partial charge is 0.242 e. The lowest BCUT2D eigenvalue weighted by Gasteiger charge is -2.21. The number of amides is 1. The van der Waals surface area contributed by atoms with Gasteiger partial charge in [-0.15, -0.1) is 12.4 Å². The number of carbonyl (C=O) groups is 1. The highest BCUT2D eigenvalue weighted by Crippen LogP contribution is 2.14. The lowest BCUT2D eigenvalue weighted by Crippen LogP contribution is -2.40. The van der Waals surface area contributed by atoms with Gasteiger partial charge in [-0.2, -0.15) is 0 Å². The highest BCUT2D eigenvalue weighted by molar-refractivity contribution is 7.89. The first-order chi connectivity index (χ1) is 10.4. The van der Waals surface area contributed by atoms with E-state index in [1.54, 1.807) is 24.3 Å². The standard InChI is InChI=1S/C15H23N3O3S.ClH/c1-18(2)22(20,21)14-7-5-12(6-8-14)10-17-15(19)13-4-3-9-16-11-13;/h5-8,13,16H,3-4,9-11H2,1-2H3,(H,17,19);1H. The summed E-state index contributed by atoms with van der Waals surface area (Å²) in [5, 5.41) is 6.13. The van der Waals surface area contributed by atoms with Gasteiger partial charge in [-0.05, 0) is 37.1 Å². The second-order valence-electron chi connectivity index (χ2n) is 5.69. The van der Waals surface area contributed by atoms with E-state index in [1.165, 1.54) is 18.4 Å². The Hall–Kier alpha value is -1.15. The van der Waals surface area contributed by atoms with E-state index in [0.29, 0.717) is 6.54 Å². The van der Waals surface area contributed by atoms with Gasteiger partial charge in [0.25, 0.3) is 0 Å². The number of piperidine rings is 1. The van der Waals surface area contributed by atoms with Crippen LogP contribution in [0.2, 0.25) is 0 Å². The maximum absolute atomic E-state index is 12.0. The number of halogens is 1. The number of nitrogens with one attached hydrogen (secondary N) is 2. The first kappa shape index (κ1) is 19.9. The topological polar surface area (TPSA) is 78.5 Å². The SMILES string of the molecule is CN(C)S(=O)(=O)c1ccc(CNC(=O)C2CCCNC2)cc1.Cl. The average Bonchev–Trinajstić information content (AvgIpc) is 2.53. The summed E-state index contributed by atoms with van der Waals surface area (Å²) in [4.78, 5) is 12.3. The number of hydrogen-bond acceptors (Lipinski definition) is 4. The van der Waals surface area contributed by atoms with Crippen LogP contribution in [-0.4, -0.2) is 45.8 Å². The predicted octanol–water partition coefficient (Wildman–Crippen LogP) is 0.975. The molecule has 6 nitrogen and oxygen atoms in total. The molecule has 23 heavy (non-hydrogen) atoms. The molecule has 1 aromatic carbocycles. The zero-order valence-electron chi connectivity index (χ0n) is 13.4. The van der Waals surface area contributed by atoms with E-state index in [0.717, 1.165) is 31.5 Å². The molecular weight excluding hydrogens is 338 g/mol. The van der Waals surface area contributed by atoms with Crippen LogP contribution in [0.1, 0.15) is 18.4 Å². The van der Waals surface area contributed by atoms with Gasteiger partial charge in [-0.3, -0.25) is 4.79 Å². The van der Waals surface area contributed by atoms with Gasteiger partial charge in [0.1, 0.15) is 0 Å². The molecule has 130 valence electrons. The van der Waals surface area contributed by atoms with Crippen molar-refractivity contribution in [2.75, 3.05) is 27.2 Å². The molecule has 0 spiro atoms. The first-order valence-electron chi connectivity index (χ1n) is 7.41. The van der Waals surface area contributed by atoms with E-state index >= 15 is 0 Å². The third-order valence-electron chi connectivity index (χ3n) is 3.84. The predicted molar refractivity (Wildman–Crippen MR) is 92.0 cm³/mol. The molecule has 1 unspecified atom stereocenters. The monoisotopic (exact) mass is 361 g/mol. The fourth-order valence-electron chi connectivity index (χ4n) is 2.40. The molecule has 8 heteroatoms. The molecule has 1 atom stereocenters. The molecule has 0 aromatic heterocycles. The minimum Gasteiger partial charge on any atom is -0.352 e. The zero-order valence-corrected chi connectivity index (χ0v) is 15.0. The van der Waals surface area contributed by atoms with Crippen LogP contribution < -0.4 is 10.6 Å². The Morgan fingerprint density at radius 2 is 1.96 bits per heavy atom. The van der Waals surface area contributed by atoms with Crippen LogP contribution in [0.5, 0.6) is 0 Å². The quantitative estimate of drug-likeness (QED) is 0.819. The molecule has 1 aliphatic rings. The second kappa shape index (κ2) is 8.63. The molecule has 2 rings (SSSR count). The van der Waals surface area contributed by atoms with Crippen molar-refractivity contribution in [2.45, 2.75) is 24.3 Å². The van der Waals surface area contributed by atoms with Crippen molar-refractivity contribution in [3.63, 3.8) is 0 Å². The number of benzene rings is 1. The highest BCUT2D eigenvalue weighted by atomic mass is 35.5. The van der Waals surface area contributed by atoms with Gasteiger partial charge in [0, 0.05) is 27.2 Å². The Balaban J connectivity index is 0.00000264. The van der Waals surface area contributed by atoms with Gasteiger partial charge < -0.3 is 10.6 Å². The van der Waals surface area contributed by atoms with E-state index in [2.05, 4.69) is 10.6 Å². The van der Waals surface area contributed by atoms with E-state index in [-0.39, 0.29) is 29.1 Å². The minimum absolute atomic E-state index is 0. The third kappa shape index (κ3) is 5.17. The number of hydrogen-bond donors (Lipinski definition) is 2. The van der Waals surface area contributed by atoms with Crippen molar-refractivity contribution < 1.29 is 13.2 Å². The summed E-state index contributed by atoms with van der Waals surface area (Å²) < 4.78 is 25.1. The molecule has 2 N–H and O–H groups in total. The fraction of sp³-hybridized carbons (Fsp3) is 0.533. The summed E-state index contributed by atoms with van der Waals surface area (Å²) in [5.74, 6) is 0.0827. The summed E-state index contributed by atoms with van der Waals surface area (Å²) in [5.41, 5.74) is 0.884. The highest BCUT2D eigenvalue weighted by Gasteiger charge is 2.20. The second-order valence-corrected chi connectivity index (χ2v) is 7.84. The average molecular weight is 362 g/mol. The molecular formula is C15H24ClN3O3S. The normalized spacial score (nSPS) is 18.3. The Morgan fingerprint density at radius 1 is 1.30 bits per heavy atom. The van der Waals surface area contributed by atoms with E-state index in [9.17, 15) is 13.2 Å². The van der Waals surface area contributed by atoms with Crippen LogP contribution in [0, 0.1) is 5.92 Å². The third-order valence-corrected chi connectivity index (χ3v) is 5.67. The largest absolute Gasteiger partial charge is 0.352 e. The van der Waals surface area contributed by atoms with Crippen molar-refractivity contribution in [3.05, 3.63) is 29.8 Å². The van der Waals surface area contributed by atoms with Gasteiger partial charge in [0.15, 0.2) is 0 Å². The molecule has 1 aliphatic heterocycles. The van der Waals surface area contributed by atoms with Crippen molar-refractivity contribution in [3.8, 4) is 0 Å². The molecule has 1 fully saturated rings. The van der Waals surface area contributed by atoms with Crippen LogP contribution in [-0.2, 0) is 21.4 Å². The molecule has 1 aromatic rings. The maximum Gasteiger partial charge on any atom is 0.242 e. The van der Waals surface area contributed by atoms with Crippen LogP contribution in [0.15, 0.2) is 29.2 Å². The van der Waals surface area contributed by atoms with Crippen molar-refractivity contribution in [2.24, 2.45) is 5.92 Å². The van der Waals surface area contributed by atoms with Gasteiger partial charge >= 0.3 is 0 Å². The van der Waals surface area contributed by atoms with E-state index < -0.39 is 10.0 Å². The molecule has 0 radical (unpaired) electrons. The van der Waals surface area contributed by atoms with Crippen molar-refractivity contribution in [1.82, 2.24) is 14.9 Å². The maximum atomic E-state index is 12.0. The van der Waals surface area contributed by atoms with E-state index in [1.807, 2.05) is 0 Å². The van der Waals surface area contributed by atoms with Crippen molar-refractivity contribution >= 4 is 28.3 Å². The van der Waals surface area contributed by atoms with Crippen LogP contribution >= 0.6 is 12.4 Å². The Kier molecular flexibility index (Phi) is 7.47. The molecule has 1 heterocycles. The van der Waals surface area contributed by atoms with Crippen LogP contribution in [0.4, 0.5) is 0 Å². The zero-order chi connectivity index (χ0) is 16.2. The molecule has 0 saturated carbocycles. The van der Waals surface area contributed by atoms with Gasteiger partial charge in [0.2, 0.25) is 15.9 Å². The molecule has 0 aliphatic carbocycles. The van der Waals surface area contributed by atoms with Gasteiger partial charge in [0.05, 0.1) is 10.8 Å². The van der Waals surface area contributed by atoms with E-state index in [4.69, 9.17) is 0 Å². The summed E-state index contributed by atoms with van der Waals surface area (Å²) in [6.07, 6.45) is 1.94. The lowest BCUT2D eigenvalue weighted by molar-refractivity contribution is -0.125. The van der Waals surface area contributed by atoms with Crippen LogP contribution in [0.3, 0.4) is 0 Å². The number of carbonyl (C=O) groups excluding carboxylic acids is 1. The summed E-state index contributed by atoms with van der Waals surface area (Å²) in [7, 11) is -0.401. The summed E-state index contributed by atoms with van der Waals surface area (Å²) in [6, 6.07) is 6.60. The van der Waals surface area contributed by atoms with Gasteiger partial charge in [-0.25, -0.2) is 12.7 Å². The summed E-state index contributed by atoms with van der Waals surface area (Å²) in [6.45, 7) is 2.12. The lowest BCUT2D eigenvalue weighted by atomic mass is 9.99.